The minimum atomic E-state index is -0.320. The Kier molecular flexibility index (Phi) is 5.27. The highest BCUT2D eigenvalue weighted by atomic mass is 19.1. The van der Waals surface area contributed by atoms with Crippen molar-refractivity contribution in [1.82, 2.24) is 9.97 Å². The van der Waals surface area contributed by atoms with Crippen molar-refractivity contribution in [2.24, 2.45) is 0 Å². The highest BCUT2D eigenvalue weighted by Crippen LogP contribution is 2.26. The lowest BCUT2D eigenvalue weighted by atomic mass is 10.1. The van der Waals surface area contributed by atoms with Gasteiger partial charge < -0.3 is 19.4 Å². The molecule has 0 N–H and O–H groups in total. The first-order valence-electron chi connectivity index (χ1n) is 9.65. The van der Waals surface area contributed by atoms with E-state index in [9.17, 15) is 4.39 Å². The molecule has 1 aromatic carbocycles. The second-order valence-electron chi connectivity index (χ2n) is 7.08. The van der Waals surface area contributed by atoms with Crippen LogP contribution in [-0.4, -0.2) is 56.3 Å². The molecule has 3 heterocycles. The molecule has 4 rings (SSSR count). The largest absolute Gasteiger partial charge is 0.494 e. The Hall–Kier alpha value is -2.57. The zero-order chi connectivity index (χ0) is 18.6. The summed E-state index contributed by atoms with van der Waals surface area (Å²) in [6.07, 6.45) is 5.44. The van der Waals surface area contributed by atoms with Gasteiger partial charge in [0.15, 0.2) is 11.6 Å². The van der Waals surface area contributed by atoms with Crippen LogP contribution in [0.15, 0.2) is 30.6 Å². The Bertz CT molecular complexity index is 773. The maximum atomic E-state index is 14.0. The van der Waals surface area contributed by atoms with Crippen LogP contribution in [-0.2, 0) is 0 Å². The number of anilines is 3. The standard InChI is InChI=1S/C20H26FN5O/c1-27-18-6-5-16(13-17(18)21)24-9-11-26(12-10-24)20-14-19(22-15-23-20)25-7-3-2-4-8-25/h5-6,13-15H,2-4,7-12H2,1H3. The Labute approximate surface area is 159 Å². The number of rotatable bonds is 4. The van der Waals surface area contributed by atoms with Crippen LogP contribution in [0.3, 0.4) is 0 Å². The Morgan fingerprint density at radius 1 is 0.815 bits per heavy atom. The normalized spacial score (nSPS) is 17.9. The number of piperidine rings is 1. The molecule has 0 atom stereocenters. The van der Waals surface area contributed by atoms with Crippen LogP contribution in [0.1, 0.15) is 19.3 Å². The molecule has 2 aliphatic rings. The summed E-state index contributed by atoms with van der Waals surface area (Å²) in [5.74, 6) is 1.97. The molecule has 2 aliphatic heterocycles. The number of ether oxygens (including phenoxy) is 1. The van der Waals surface area contributed by atoms with Gasteiger partial charge in [-0.1, -0.05) is 0 Å². The summed E-state index contributed by atoms with van der Waals surface area (Å²) in [5.41, 5.74) is 0.893. The van der Waals surface area contributed by atoms with Gasteiger partial charge in [-0.15, -0.1) is 0 Å². The van der Waals surface area contributed by atoms with Gasteiger partial charge in [0.1, 0.15) is 18.0 Å². The molecule has 0 bridgehead atoms. The van der Waals surface area contributed by atoms with Gasteiger partial charge in [-0.25, -0.2) is 14.4 Å². The van der Waals surface area contributed by atoms with E-state index in [1.165, 1.54) is 26.4 Å². The summed E-state index contributed by atoms with van der Waals surface area (Å²) in [7, 11) is 1.48. The van der Waals surface area contributed by atoms with Crippen LogP contribution in [0.2, 0.25) is 0 Å². The first-order chi connectivity index (χ1) is 13.2. The van der Waals surface area contributed by atoms with E-state index < -0.39 is 0 Å². The van der Waals surface area contributed by atoms with E-state index in [0.717, 1.165) is 56.6 Å². The second kappa shape index (κ2) is 7.98. The molecule has 2 saturated heterocycles. The van der Waals surface area contributed by atoms with Crippen LogP contribution < -0.4 is 19.4 Å². The van der Waals surface area contributed by atoms with E-state index in [2.05, 4.69) is 30.7 Å². The number of hydrogen-bond donors (Lipinski definition) is 0. The van der Waals surface area contributed by atoms with Gasteiger partial charge in [0.2, 0.25) is 0 Å². The van der Waals surface area contributed by atoms with Gasteiger partial charge in [-0.2, -0.15) is 0 Å². The quantitative estimate of drug-likeness (QED) is 0.823. The number of benzene rings is 1. The minimum absolute atomic E-state index is 0.281. The summed E-state index contributed by atoms with van der Waals surface area (Å²) in [4.78, 5) is 15.8. The SMILES string of the molecule is COc1ccc(N2CCN(c3cc(N4CCCCC4)ncn3)CC2)cc1F. The lowest BCUT2D eigenvalue weighted by Gasteiger charge is -2.37. The van der Waals surface area contributed by atoms with Crippen molar-refractivity contribution in [2.45, 2.75) is 19.3 Å². The highest BCUT2D eigenvalue weighted by molar-refractivity contribution is 5.54. The molecule has 0 amide bonds. The summed E-state index contributed by atoms with van der Waals surface area (Å²) in [6, 6.07) is 7.25. The van der Waals surface area contributed by atoms with Gasteiger partial charge in [0.25, 0.3) is 0 Å². The van der Waals surface area contributed by atoms with E-state index in [1.807, 2.05) is 6.07 Å². The van der Waals surface area contributed by atoms with Crippen LogP contribution >= 0.6 is 0 Å². The van der Waals surface area contributed by atoms with Crippen LogP contribution in [0, 0.1) is 5.82 Å². The predicted molar refractivity (Wildman–Crippen MR) is 105 cm³/mol. The van der Waals surface area contributed by atoms with E-state index in [1.54, 1.807) is 18.5 Å². The Balaban J connectivity index is 1.41. The molecule has 7 heteroatoms. The number of aromatic nitrogens is 2. The zero-order valence-corrected chi connectivity index (χ0v) is 15.8. The number of halogens is 1. The second-order valence-corrected chi connectivity index (χ2v) is 7.08. The molecule has 0 unspecified atom stereocenters. The monoisotopic (exact) mass is 371 g/mol. The van der Waals surface area contributed by atoms with Gasteiger partial charge >= 0.3 is 0 Å². The van der Waals surface area contributed by atoms with Crippen molar-refractivity contribution in [3.05, 3.63) is 36.4 Å². The Morgan fingerprint density at radius 3 is 2.07 bits per heavy atom. The molecule has 0 spiro atoms. The number of hydrogen-bond acceptors (Lipinski definition) is 6. The third-order valence-electron chi connectivity index (χ3n) is 5.42. The fourth-order valence-electron chi connectivity index (χ4n) is 3.85. The molecule has 0 aliphatic carbocycles. The molecule has 1 aromatic heterocycles. The van der Waals surface area contributed by atoms with Crippen LogP contribution in [0.25, 0.3) is 0 Å². The lowest BCUT2D eigenvalue weighted by molar-refractivity contribution is 0.386. The molecule has 0 saturated carbocycles. The fourth-order valence-corrected chi connectivity index (χ4v) is 3.85. The molecule has 6 nitrogen and oxygen atoms in total. The van der Waals surface area contributed by atoms with E-state index in [4.69, 9.17) is 4.74 Å². The average molecular weight is 371 g/mol. The van der Waals surface area contributed by atoms with Gasteiger partial charge in [0.05, 0.1) is 7.11 Å². The van der Waals surface area contributed by atoms with Crippen LogP contribution in [0.4, 0.5) is 21.7 Å². The zero-order valence-electron chi connectivity index (χ0n) is 15.8. The topological polar surface area (TPSA) is 44.7 Å². The number of methoxy groups -OCH3 is 1. The molecule has 27 heavy (non-hydrogen) atoms. The predicted octanol–water partition coefficient (Wildman–Crippen LogP) is 2.94. The smallest absolute Gasteiger partial charge is 0.167 e. The molecule has 0 radical (unpaired) electrons. The third-order valence-corrected chi connectivity index (χ3v) is 5.42. The maximum Gasteiger partial charge on any atom is 0.167 e. The van der Waals surface area contributed by atoms with Crippen molar-refractivity contribution in [3.8, 4) is 5.75 Å². The van der Waals surface area contributed by atoms with Gasteiger partial charge in [-0.3, -0.25) is 0 Å². The minimum Gasteiger partial charge on any atom is -0.494 e. The van der Waals surface area contributed by atoms with E-state index >= 15 is 0 Å². The van der Waals surface area contributed by atoms with Crippen molar-refractivity contribution in [2.75, 3.05) is 61.1 Å². The summed E-state index contributed by atoms with van der Waals surface area (Å²) in [6.45, 7) is 5.51. The molecule has 2 fully saturated rings. The summed E-state index contributed by atoms with van der Waals surface area (Å²) >= 11 is 0. The first-order valence-corrected chi connectivity index (χ1v) is 9.65. The fraction of sp³-hybridized carbons (Fsp3) is 0.500. The van der Waals surface area contributed by atoms with Crippen molar-refractivity contribution in [1.29, 1.82) is 0 Å². The van der Waals surface area contributed by atoms with Gasteiger partial charge in [0, 0.05) is 57.1 Å². The lowest BCUT2D eigenvalue weighted by Crippen LogP contribution is -2.47. The molecule has 2 aromatic rings. The van der Waals surface area contributed by atoms with E-state index in [0.29, 0.717) is 0 Å². The molecular weight excluding hydrogens is 345 g/mol. The first kappa shape index (κ1) is 17.8. The van der Waals surface area contributed by atoms with E-state index in [-0.39, 0.29) is 11.6 Å². The molecular formula is C20H26FN5O. The summed E-state index contributed by atoms with van der Waals surface area (Å²) in [5, 5.41) is 0. The van der Waals surface area contributed by atoms with Gasteiger partial charge in [-0.05, 0) is 31.4 Å². The number of piperazine rings is 1. The number of nitrogens with zero attached hydrogens (tertiary/aromatic N) is 5. The van der Waals surface area contributed by atoms with Crippen molar-refractivity contribution < 1.29 is 9.13 Å². The Morgan fingerprint density at radius 2 is 1.44 bits per heavy atom. The highest BCUT2D eigenvalue weighted by Gasteiger charge is 2.21. The molecule has 144 valence electrons. The summed E-state index contributed by atoms with van der Waals surface area (Å²) < 4.78 is 19.0. The van der Waals surface area contributed by atoms with Crippen LogP contribution in [0.5, 0.6) is 5.75 Å². The maximum absolute atomic E-state index is 14.0. The third kappa shape index (κ3) is 3.91. The van der Waals surface area contributed by atoms with Crippen molar-refractivity contribution >= 4 is 17.3 Å². The van der Waals surface area contributed by atoms with Crippen molar-refractivity contribution in [3.63, 3.8) is 0 Å². The average Bonchev–Trinajstić information content (AvgIpc) is 2.74.